The van der Waals surface area contributed by atoms with E-state index in [0.29, 0.717) is 0 Å². The smallest absolute Gasteiger partial charge is 0.229 e. The van der Waals surface area contributed by atoms with Crippen LogP contribution in [0, 0.1) is 0 Å². The first-order valence-electron chi connectivity index (χ1n) is 4.57. The zero-order chi connectivity index (χ0) is 10.1. The lowest BCUT2D eigenvalue weighted by Gasteiger charge is -2.10. The zero-order valence-corrected chi connectivity index (χ0v) is 10.7. The second-order valence-corrected chi connectivity index (χ2v) is 4.84. The van der Waals surface area contributed by atoms with Crippen LogP contribution in [0.5, 0.6) is 5.88 Å². The monoisotopic (exact) mass is 273 g/mol. The maximum absolute atomic E-state index is 5.24. The molecule has 2 nitrogen and oxygen atoms in total. The number of pyridine rings is 1. The molecule has 0 radical (unpaired) electrons. The topological polar surface area (TPSA) is 22.1 Å². The van der Waals surface area contributed by atoms with Crippen molar-refractivity contribution >= 4 is 27.7 Å². The first kappa shape index (κ1) is 10.3. The van der Waals surface area contributed by atoms with Crippen molar-refractivity contribution in [2.75, 3.05) is 13.4 Å². The van der Waals surface area contributed by atoms with E-state index in [1.54, 1.807) is 18.9 Å². The Hall–Kier alpha value is -0.220. The summed E-state index contributed by atoms with van der Waals surface area (Å²) in [4.78, 5) is 4.47. The Morgan fingerprint density at radius 2 is 2.07 bits per heavy atom. The molecule has 1 aromatic rings. The highest BCUT2D eigenvalue weighted by atomic mass is 79.9. The quantitative estimate of drug-likeness (QED) is 0.774. The molecule has 0 saturated heterocycles. The Balaban J connectivity index is 2.60. The summed E-state index contributed by atoms with van der Waals surface area (Å²) in [6, 6.07) is 0. The average Bonchev–Trinajstić information content (AvgIpc) is 2.68. The molecule has 1 aliphatic carbocycles. The fourth-order valence-electron chi connectivity index (χ4n) is 1.86. The highest BCUT2D eigenvalue weighted by molar-refractivity contribution is 9.10. The van der Waals surface area contributed by atoms with Crippen LogP contribution in [-0.4, -0.2) is 18.3 Å². The molecule has 0 saturated carbocycles. The van der Waals surface area contributed by atoms with Gasteiger partial charge in [0.25, 0.3) is 0 Å². The Morgan fingerprint density at radius 3 is 2.71 bits per heavy atom. The van der Waals surface area contributed by atoms with Crippen LogP contribution in [0.4, 0.5) is 0 Å². The van der Waals surface area contributed by atoms with Gasteiger partial charge in [0.15, 0.2) is 0 Å². The van der Waals surface area contributed by atoms with E-state index >= 15 is 0 Å². The number of rotatable bonds is 2. The van der Waals surface area contributed by atoms with Gasteiger partial charge in [0.2, 0.25) is 5.88 Å². The number of nitrogens with zero attached hydrogens (tertiary/aromatic N) is 1. The molecule has 1 heterocycles. The van der Waals surface area contributed by atoms with Gasteiger partial charge in [-0.15, -0.1) is 11.8 Å². The number of methoxy groups -OCH3 is 1. The van der Waals surface area contributed by atoms with E-state index in [1.807, 2.05) is 0 Å². The molecular weight excluding hydrogens is 262 g/mol. The second-order valence-electron chi connectivity index (χ2n) is 3.25. The molecule has 0 atom stereocenters. The van der Waals surface area contributed by atoms with Crippen LogP contribution < -0.4 is 4.74 Å². The van der Waals surface area contributed by atoms with Gasteiger partial charge in [-0.3, -0.25) is 0 Å². The Labute approximate surface area is 96.6 Å². The summed E-state index contributed by atoms with van der Waals surface area (Å²) < 4.78 is 6.29. The normalized spacial score (nSPS) is 14.2. The number of fused-ring (bicyclic) bond motifs is 1. The number of ether oxygens (including phenoxy) is 1. The molecule has 4 heteroatoms. The SMILES string of the molecule is COc1nc(SC)c2c(c1Br)CCC2. The van der Waals surface area contributed by atoms with Crippen LogP contribution in [0.15, 0.2) is 9.50 Å². The molecule has 0 fully saturated rings. The highest BCUT2D eigenvalue weighted by Crippen LogP contribution is 2.38. The predicted octanol–water partition coefficient (Wildman–Crippen LogP) is 3.06. The van der Waals surface area contributed by atoms with Gasteiger partial charge in [0, 0.05) is 0 Å². The van der Waals surface area contributed by atoms with Crippen molar-refractivity contribution in [3.05, 3.63) is 15.6 Å². The molecule has 0 bridgehead atoms. The van der Waals surface area contributed by atoms with Crippen LogP contribution in [-0.2, 0) is 12.8 Å². The molecule has 76 valence electrons. The first-order chi connectivity index (χ1) is 6.77. The lowest BCUT2D eigenvalue weighted by molar-refractivity contribution is 0.390. The van der Waals surface area contributed by atoms with Crippen molar-refractivity contribution in [1.82, 2.24) is 4.98 Å². The number of thioether (sulfide) groups is 1. The van der Waals surface area contributed by atoms with Crippen molar-refractivity contribution < 1.29 is 4.74 Å². The second kappa shape index (κ2) is 4.11. The maximum atomic E-state index is 5.24. The zero-order valence-electron chi connectivity index (χ0n) is 8.26. The van der Waals surface area contributed by atoms with E-state index in [1.165, 1.54) is 17.5 Å². The van der Waals surface area contributed by atoms with Gasteiger partial charge in [-0.2, -0.15) is 0 Å². The minimum atomic E-state index is 0.718. The van der Waals surface area contributed by atoms with E-state index in [9.17, 15) is 0 Å². The van der Waals surface area contributed by atoms with Gasteiger partial charge in [-0.05, 0) is 52.6 Å². The summed E-state index contributed by atoms with van der Waals surface area (Å²) >= 11 is 5.26. The van der Waals surface area contributed by atoms with Crippen molar-refractivity contribution in [3.63, 3.8) is 0 Å². The number of hydrogen-bond acceptors (Lipinski definition) is 3. The summed E-state index contributed by atoms with van der Waals surface area (Å²) in [6.07, 6.45) is 5.59. The lowest BCUT2D eigenvalue weighted by Crippen LogP contribution is -1.97. The molecule has 0 aromatic carbocycles. The molecule has 1 aromatic heterocycles. The van der Waals surface area contributed by atoms with E-state index in [0.717, 1.165) is 28.2 Å². The third-order valence-corrected chi connectivity index (χ3v) is 4.06. The molecule has 1 aliphatic rings. The highest BCUT2D eigenvalue weighted by Gasteiger charge is 2.21. The van der Waals surface area contributed by atoms with Gasteiger partial charge in [-0.25, -0.2) is 4.98 Å². The van der Waals surface area contributed by atoms with Crippen LogP contribution in [0.3, 0.4) is 0 Å². The first-order valence-corrected chi connectivity index (χ1v) is 6.59. The van der Waals surface area contributed by atoms with Crippen LogP contribution in [0.1, 0.15) is 17.5 Å². The van der Waals surface area contributed by atoms with Crippen LogP contribution in [0.25, 0.3) is 0 Å². The largest absolute Gasteiger partial charge is 0.480 e. The van der Waals surface area contributed by atoms with Crippen molar-refractivity contribution in [3.8, 4) is 5.88 Å². The Morgan fingerprint density at radius 1 is 1.36 bits per heavy atom. The summed E-state index contributed by atoms with van der Waals surface area (Å²) in [7, 11) is 1.67. The summed E-state index contributed by atoms with van der Waals surface area (Å²) in [6.45, 7) is 0. The average molecular weight is 274 g/mol. The van der Waals surface area contributed by atoms with E-state index in [4.69, 9.17) is 4.74 Å². The number of halogens is 1. The van der Waals surface area contributed by atoms with E-state index in [2.05, 4.69) is 27.2 Å². The number of aromatic nitrogens is 1. The minimum absolute atomic E-state index is 0.718. The van der Waals surface area contributed by atoms with Crippen molar-refractivity contribution in [2.45, 2.75) is 24.3 Å². The Bertz CT molecular complexity index is 368. The van der Waals surface area contributed by atoms with Gasteiger partial charge in [0.05, 0.1) is 11.6 Å². The fraction of sp³-hybridized carbons (Fsp3) is 0.500. The summed E-state index contributed by atoms with van der Waals surface area (Å²) in [5, 5.41) is 1.12. The molecule has 0 unspecified atom stereocenters. The van der Waals surface area contributed by atoms with Gasteiger partial charge in [-0.1, -0.05) is 0 Å². The van der Waals surface area contributed by atoms with E-state index in [-0.39, 0.29) is 0 Å². The molecule has 0 amide bonds. The molecule has 0 N–H and O–H groups in total. The van der Waals surface area contributed by atoms with Gasteiger partial charge < -0.3 is 4.74 Å². The van der Waals surface area contributed by atoms with Crippen LogP contribution in [0.2, 0.25) is 0 Å². The minimum Gasteiger partial charge on any atom is -0.480 e. The predicted molar refractivity (Wildman–Crippen MR) is 62.3 cm³/mol. The molecule has 0 aliphatic heterocycles. The third kappa shape index (κ3) is 1.54. The Kier molecular flexibility index (Phi) is 3.02. The lowest BCUT2D eigenvalue weighted by atomic mass is 10.2. The molecular formula is C10H12BrNOS. The van der Waals surface area contributed by atoms with Crippen molar-refractivity contribution in [2.24, 2.45) is 0 Å². The maximum Gasteiger partial charge on any atom is 0.229 e. The fourth-order valence-corrected chi connectivity index (χ4v) is 3.20. The van der Waals surface area contributed by atoms with Crippen LogP contribution >= 0.6 is 27.7 Å². The molecule has 0 spiro atoms. The van der Waals surface area contributed by atoms with Crippen molar-refractivity contribution in [1.29, 1.82) is 0 Å². The summed E-state index contributed by atoms with van der Waals surface area (Å²) in [5.41, 5.74) is 2.80. The number of hydrogen-bond donors (Lipinski definition) is 0. The molecule has 14 heavy (non-hydrogen) atoms. The standard InChI is InChI=1S/C10H12BrNOS/c1-13-9-8(11)6-4-3-5-7(6)10(12-9)14-2/h3-5H2,1-2H3. The van der Waals surface area contributed by atoms with E-state index < -0.39 is 0 Å². The molecule has 2 rings (SSSR count). The van der Waals surface area contributed by atoms with Gasteiger partial charge >= 0.3 is 0 Å². The third-order valence-electron chi connectivity index (χ3n) is 2.52. The summed E-state index contributed by atoms with van der Waals surface area (Å²) in [5.74, 6) is 0.718. The van der Waals surface area contributed by atoms with Gasteiger partial charge in [0.1, 0.15) is 5.03 Å².